The zero-order valence-corrected chi connectivity index (χ0v) is 11.1. The summed E-state index contributed by atoms with van der Waals surface area (Å²) >= 11 is 1.66. The van der Waals surface area contributed by atoms with Crippen LogP contribution in [-0.2, 0) is 6.42 Å². The Hall–Kier alpha value is -0.870. The molecule has 0 aliphatic heterocycles. The Morgan fingerprint density at radius 2 is 2.00 bits per heavy atom. The molecule has 4 heteroatoms. The molecule has 0 aromatic heterocycles. The molecule has 0 saturated heterocycles. The number of nitrogens with two attached hydrogens (primary N) is 1. The summed E-state index contributed by atoms with van der Waals surface area (Å²) < 4.78 is 10.7. The SMILES string of the molecule is COc1ccc(CC(C)N)c(SC)c1OC. The molecule has 1 rings (SSSR count). The maximum atomic E-state index is 5.83. The summed E-state index contributed by atoms with van der Waals surface area (Å²) in [5.74, 6) is 1.56. The van der Waals surface area contributed by atoms with E-state index in [1.54, 1.807) is 26.0 Å². The quantitative estimate of drug-likeness (QED) is 0.804. The van der Waals surface area contributed by atoms with Crippen molar-refractivity contribution in [3.8, 4) is 11.5 Å². The van der Waals surface area contributed by atoms with Gasteiger partial charge in [0.15, 0.2) is 11.5 Å². The molecule has 0 aliphatic rings. The van der Waals surface area contributed by atoms with Crippen LogP contribution in [0.2, 0.25) is 0 Å². The van der Waals surface area contributed by atoms with Crippen molar-refractivity contribution in [2.75, 3.05) is 20.5 Å². The van der Waals surface area contributed by atoms with Gasteiger partial charge in [0.2, 0.25) is 0 Å². The van der Waals surface area contributed by atoms with Gasteiger partial charge in [-0.15, -0.1) is 11.8 Å². The lowest BCUT2D eigenvalue weighted by Crippen LogP contribution is -2.18. The first-order valence-electron chi connectivity index (χ1n) is 5.17. The van der Waals surface area contributed by atoms with E-state index < -0.39 is 0 Å². The molecule has 2 N–H and O–H groups in total. The van der Waals surface area contributed by atoms with Crippen molar-refractivity contribution in [2.24, 2.45) is 5.73 Å². The van der Waals surface area contributed by atoms with Crippen LogP contribution in [0.4, 0.5) is 0 Å². The van der Waals surface area contributed by atoms with Crippen LogP contribution in [0.3, 0.4) is 0 Å². The predicted molar refractivity (Wildman–Crippen MR) is 68.7 cm³/mol. The highest BCUT2D eigenvalue weighted by Gasteiger charge is 2.14. The van der Waals surface area contributed by atoms with Gasteiger partial charge in [-0.25, -0.2) is 0 Å². The molecule has 0 bridgehead atoms. The summed E-state index contributed by atoms with van der Waals surface area (Å²) in [5, 5.41) is 0. The fraction of sp³-hybridized carbons (Fsp3) is 0.500. The van der Waals surface area contributed by atoms with E-state index in [-0.39, 0.29) is 6.04 Å². The second kappa shape index (κ2) is 6.01. The molecule has 0 heterocycles. The van der Waals surface area contributed by atoms with Crippen molar-refractivity contribution in [3.05, 3.63) is 17.7 Å². The smallest absolute Gasteiger partial charge is 0.174 e. The molecular formula is C12H19NO2S. The van der Waals surface area contributed by atoms with Crippen molar-refractivity contribution >= 4 is 11.8 Å². The van der Waals surface area contributed by atoms with Crippen LogP contribution in [0.25, 0.3) is 0 Å². The lowest BCUT2D eigenvalue weighted by atomic mass is 10.1. The molecule has 0 fully saturated rings. The number of benzene rings is 1. The van der Waals surface area contributed by atoms with Crippen LogP contribution < -0.4 is 15.2 Å². The van der Waals surface area contributed by atoms with Gasteiger partial charge in [-0.05, 0) is 31.2 Å². The Labute approximate surface area is 101 Å². The van der Waals surface area contributed by atoms with Crippen molar-refractivity contribution < 1.29 is 9.47 Å². The lowest BCUT2D eigenvalue weighted by molar-refractivity contribution is 0.347. The molecule has 16 heavy (non-hydrogen) atoms. The average molecular weight is 241 g/mol. The highest BCUT2D eigenvalue weighted by molar-refractivity contribution is 7.98. The Balaban J connectivity index is 3.20. The molecule has 90 valence electrons. The van der Waals surface area contributed by atoms with Crippen molar-refractivity contribution in [3.63, 3.8) is 0 Å². The van der Waals surface area contributed by atoms with Crippen LogP contribution in [0.1, 0.15) is 12.5 Å². The first-order valence-corrected chi connectivity index (χ1v) is 6.40. The number of methoxy groups -OCH3 is 2. The normalized spacial score (nSPS) is 12.3. The lowest BCUT2D eigenvalue weighted by Gasteiger charge is -2.16. The van der Waals surface area contributed by atoms with Gasteiger partial charge in [0.25, 0.3) is 0 Å². The first-order chi connectivity index (χ1) is 7.63. The molecule has 0 spiro atoms. The summed E-state index contributed by atoms with van der Waals surface area (Å²) in [5.41, 5.74) is 7.04. The largest absolute Gasteiger partial charge is 0.493 e. The summed E-state index contributed by atoms with van der Waals surface area (Å²) in [6.07, 6.45) is 2.87. The Bertz CT molecular complexity index is 353. The van der Waals surface area contributed by atoms with Gasteiger partial charge in [-0.3, -0.25) is 0 Å². The molecule has 3 nitrogen and oxygen atoms in total. The van der Waals surface area contributed by atoms with E-state index >= 15 is 0 Å². The number of thioether (sulfide) groups is 1. The number of ether oxygens (including phenoxy) is 2. The number of hydrogen-bond donors (Lipinski definition) is 1. The van der Waals surface area contributed by atoms with Gasteiger partial charge >= 0.3 is 0 Å². The third-order valence-electron chi connectivity index (χ3n) is 2.33. The standard InChI is InChI=1S/C12H19NO2S/c1-8(13)7-9-5-6-10(14-2)11(15-3)12(9)16-4/h5-6,8H,7,13H2,1-4H3. The van der Waals surface area contributed by atoms with Gasteiger partial charge in [-0.2, -0.15) is 0 Å². The summed E-state index contributed by atoms with van der Waals surface area (Å²) in [7, 11) is 3.31. The monoisotopic (exact) mass is 241 g/mol. The van der Waals surface area contributed by atoms with Crippen molar-refractivity contribution in [2.45, 2.75) is 24.3 Å². The minimum Gasteiger partial charge on any atom is -0.493 e. The molecule has 1 unspecified atom stereocenters. The van der Waals surface area contributed by atoms with E-state index in [0.717, 1.165) is 22.8 Å². The summed E-state index contributed by atoms with van der Waals surface area (Å²) in [6, 6.07) is 4.12. The molecule has 0 amide bonds. The van der Waals surface area contributed by atoms with Crippen molar-refractivity contribution in [1.29, 1.82) is 0 Å². The Morgan fingerprint density at radius 3 is 2.44 bits per heavy atom. The summed E-state index contributed by atoms with van der Waals surface area (Å²) in [4.78, 5) is 1.11. The minimum atomic E-state index is 0.143. The predicted octanol–water partition coefficient (Wildman–Crippen LogP) is 2.32. The van der Waals surface area contributed by atoms with Crippen LogP contribution in [-0.4, -0.2) is 26.5 Å². The van der Waals surface area contributed by atoms with Gasteiger partial charge in [0, 0.05) is 6.04 Å². The third-order valence-corrected chi connectivity index (χ3v) is 3.18. The van der Waals surface area contributed by atoms with Crippen LogP contribution in [0, 0.1) is 0 Å². The number of hydrogen-bond acceptors (Lipinski definition) is 4. The van der Waals surface area contributed by atoms with Gasteiger partial charge in [-0.1, -0.05) is 6.07 Å². The fourth-order valence-electron chi connectivity index (χ4n) is 1.67. The maximum absolute atomic E-state index is 5.83. The van der Waals surface area contributed by atoms with E-state index in [1.165, 1.54) is 5.56 Å². The third kappa shape index (κ3) is 2.83. The molecule has 0 saturated carbocycles. The summed E-state index contributed by atoms with van der Waals surface area (Å²) in [6.45, 7) is 2.00. The van der Waals surface area contributed by atoms with Crippen LogP contribution in [0.5, 0.6) is 11.5 Å². The van der Waals surface area contributed by atoms with E-state index in [1.807, 2.05) is 19.2 Å². The van der Waals surface area contributed by atoms with Crippen LogP contribution >= 0.6 is 11.8 Å². The van der Waals surface area contributed by atoms with Gasteiger partial charge < -0.3 is 15.2 Å². The fourth-order valence-corrected chi connectivity index (χ4v) is 2.45. The van der Waals surface area contributed by atoms with E-state index in [2.05, 4.69) is 6.07 Å². The average Bonchev–Trinajstić information content (AvgIpc) is 2.27. The van der Waals surface area contributed by atoms with Crippen LogP contribution in [0.15, 0.2) is 17.0 Å². The van der Waals surface area contributed by atoms with E-state index in [4.69, 9.17) is 15.2 Å². The minimum absolute atomic E-state index is 0.143. The first kappa shape index (κ1) is 13.2. The van der Waals surface area contributed by atoms with Gasteiger partial charge in [0.1, 0.15) is 0 Å². The zero-order chi connectivity index (χ0) is 12.1. The van der Waals surface area contributed by atoms with E-state index in [9.17, 15) is 0 Å². The second-order valence-corrected chi connectivity index (χ2v) is 4.49. The Kier molecular flexibility index (Phi) is 4.96. The molecular weight excluding hydrogens is 222 g/mol. The van der Waals surface area contributed by atoms with E-state index in [0.29, 0.717) is 0 Å². The number of rotatable bonds is 5. The second-order valence-electron chi connectivity index (χ2n) is 3.67. The molecule has 1 aromatic rings. The zero-order valence-electron chi connectivity index (χ0n) is 10.2. The molecule has 1 aromatic carbocycles. The molecule has 0 aliphatic carbocycles. The topological polar surface area (TPSA) is 44.5 Å². The Morgan fingerprint density at radius 1 is 1.31 bits per heavy atom. The highest BCUT2D eigenvalue weighted by Crippen LogP contribution is 2.39. The van der Waals surface area contributed by atoms with Crippen molar-refractivity contribution in [1.82, 2.24) is 0 Å². The van der Waals surface area contributed by atoms with Gasteiger partial charge in [0.05, 0.1) is 19.1 Å². The highest BCUT2D eigenvalue weighted by atomic mass is 32.2. The maximum Gasteiger partial charge on any atom is 0.174 e. The molecule has 1 atom stereocenters. The molecule has 0 radical (unpaired) electrons.